The van der Waals surface area contributed by atoms with E-state index in [1.165, 1.54) is 28.0 Å². The SMILES string of the molecule is CCCCNc1nnc(SCC(=O)N2CCSc3ccccc32)s1. The van der Waals surface area contributed by atoms with Gasteiger partial charge in [-0.05, 0) is 18.6 Å². The summed E-state index contributed by atoms with van der Waals surface area (Å²) in [5, 5.41) is 12.4. The van der Waals surface area contributed by atoms with Crippen LogP contribution in [0.2, 0.25) is 0 Å². The molecule has 1 aromatic heterocycles. The van der Waals surface area contributed by atoms with E-state index < -0.39 is 0 Å². The van der Waals surface area contributed by atoms with Crippen molar-refractivity contribution in [3.05, 3.63) is 24.3 Å². The molecule has 0 saturated carbocycles. The average molecular weight is 381 g/mol. The highest BCUT2D eigenvalue weighted by Gasteiger charge is 2.22. The minimum absolute atomic E-state index is 0.128. The monoisotopic (exact) mass is 380 g/mol. The Labute approximate surface area is 154 Å². The molecule has 8 heteroatoms. The Morgan fingerprint density at radius 1 is 1.38 bits per heavy atom. The maximum atomic E-state index is 12.6. The van der Waals surface area contributed by atoms with Crippen LogP contribution in [0.1, 0.15) is 19.8 Å². The summed E-state index contributed by atoms with van der Waals surface area (Å²) in [6, 6.07) is 8.09. The summed E-state index contributed by atoms with van der Waals surface area (Å²) >= 11 is 4.78. The van der Waals surface area contributed by atoms with Gasteiger partial charge in [-0.15, -0.1) is 22.0 Å². The third-order valence-corrected chi connectivity index (χ3v) is 6.60. The number of carbonyl (C=O) groups is 1. The van der Waals surface area contributed by atoms with Crippen LogP contribution in [0.4, 0.5) is 10.8 Å². The molecule has 0 atom stereocenters. The molecule has 0 spiro atoms. The summed E-state index contributed by atoms with van der Waals surface area (Å²) in [6.07, 6.45) is 2.27. The lowest BCUT2D eigenvalue weighted by Crippen LogP contribution is -2.36. The molecule has 3 rings (SSSR count). The maximum absolute atomic E-state index is 12.6. The summed E-state index contributed by atoms with van der Waals surface area (Å²) in [4.78, 5) is 15.7. The van der Waals surface area contributed by atoms with E-state index in [9.17, 15) is 4.79 Å². The molecular formula is C16H20N4OS3. The van der Waals surface area contributed by atoms with E-state index in [1.807, 2.05) is 34.9 Å². The second-order valence-electron chi connectivity index (χ2n) is 5.30. The van der Waals surface area contributed by atoms with Gasteiger partial charge in [0, 0.05) is 23.7 Å². The van der Waals surface area contributed by atoms with Gasteiger partial charge in [0.2, 0.25) is 11.0 Å². The topological polar surface area (TPSA) is 58.1 Å². The summed E-state index contributed by atoms with van der Waals surface area (Å²) in [6.45, 7) is 3.84. The van der Waals surface area contributed by atoms with Gasteiger partial charge in [0.15, 0.2) is 4.34 Å². The van der Waals surface area contributed by atoms with Crippen molar-refractivity contribution < 1.29 is 4.79 Å². The first-order chi connectivity index (χ1) is 11.8. The number of hydrogen-bond donors (Lipinski definition) is 1. The molecule has 0 bridgehead atoms. The van der Waals surface area contributed by atoms with Crippen LogP contribution in [0.25, 0.3) is 0 Å². The number of benzene rings is 1. The van der Waals surface area contributed by atoms with Crippen molar-refractivity contribution in [3.63, 3.8) is 0 Å². The van der Waals surface area contributed by atoms with E-state index in [1.54, 1.807) is 0 Å². The molecule has 1 aliphatic heterocycles. The summed E-state index contributed by atoms with van der Waals surface area (Å²) in [7, 11) is 0. The number of carbonyl (C=O) groups excluding carboxylic acids is 1. The molecule has 1 amide bonds. The number of amides is 1. The van der Waals surface area contributed by atoms with Gasteiger partial charge in [-0.25, -0.2) is 0 Å². The highest BCUT2D eigenvalue weighted by molar-refractivity contribution is 8.01. The van der Waals surface area contributed by atoms with E-state index >= 15 is 0 Å². The number of para-hydroxylation sites is 1. The minimum Gasteiger partial charge on any atom is -0.360 e. The van der Waals surface area contributed by atoms with Gasteiger partial charge in [-0.3, -0.25) is 4.79 Å². The molecule has 1 N–H and O–H groups in total. The molecular weight excluding hydrogens is 360 g/mol. The quantitative estimate of drug-likeness (QED) is 0.579. The predicted octanol–water partition coefficient (Wildman–Crippen LogP) is 3.98. The van der Waals surface area contributed by atoms with Crippen molar-refractivity contribution in [1.29, 1.82) is 0 Å². The normalized spacial score (nSPS) is 13.6. The first-order valence-electron chi connectivity index (χ1n) is 8.00. The summed E-state index contributed by atoms with van der Waals surface area (Å²) in [5.41, 5.74) is 1.03. The summed E-state index contributed by atoms with van der Waals surface area (Å²) < 4.78 is 0.835. The van der Waals surface area contributed by atoms with Crippen LogP contribution in [0.15, 0.2) is 33.5 Å². The van der Waals surface area contributed by atoms with Crippen LogP contribution in [-0.4, -0.2) is 40.7 Å². The highest BCUT2D eigenvalue weighted by atomic mass is 32.2. The highest BCUT2D eigenvalue weighted by Crippen LogP contribution is 2.35. The van der Waals surface area contributed by atoms with Crippen LogP contribution in [0.5, 0.6) is 0 Å². The first kappa shape index (κ1) is 17.6. The Morgan fingerprint density at radius 2 is 2.25 bits per heavy atom. The zero-order valence-electron chi connectivity index (χ0n) is 13.5. The molecule has 0 fully saturated rings. The maximum Gasteiger partial charge on any atom is 0.237 e. The second-order valence-corrected chi connectivity index (χ2v) is 8.64. The molecule has 0 saturated heterocycles. The average Bonchev–Trinajstić information content (AvgIpc) is 3.07. The summed E-state index contributed by atoms with van der Waals surface area (Å²) in [5.74, 6) is 1.46. The third kappa shape index (κ3) is 4.43. The van der Waals surface area contributed by atoms with E-state index in [4.69, 9.17) is 0 Å². The van der Waals surface area contributed by atoms with Crippen molar-refractivity contribution in [2.75, 3.05) is 34.8 Å². The van der Waals surface area contributed by atoms with Crippen LogP contribution in [-0.2, 0) is 4.79 Å². The number of rotatable bonds is 7. The molecule has 5 nitrogen and oxygen atoms in total. The number of fused-ring (bicyclic) bond motifs is 1. The second kappa shape index (κ2) is 8.73. The predicted molar refractivity (Wildman–Crippen MR) is 104 cm³/mol. The van der Waals surface area contributed by atoms with Crippen LogP contribution >= 0.6 is 34.9 Å². The van der Waals surface area contributed by atoms with Crippen LogP contribution in [0, 0.1) is 0 Å². The van der Waals surface area contributed by atoms with E-state index in [2.05, 4.69) is 28.5 Å². The lowest BCUT2D eigenvalue weighted by atomic mass is 10.3. The molecule has 0 unspecified atom stereocenters. The van der Waals surface area contributed by atoms with Gasteiger partial charge in [0.1, 0.15) is 0 Å². The Kier molecular flexibility index (Phi) is 6.39. The minimum atomic E-state index is 0.128. The number of nitrogens with zero attached hydrogens (tertiary/aromatic N) is 3. The molecule has 128 valence electrons. The van der Waals surface area contributed by atoms with Gasteiger partial charge < -0.3 is 10.2 Å². The first-order valence-corrected chi connectivity index (χ1v) is 10.8. The number of aromatic nitrogens is 2. The van der Waals surface area contributed by atoms with Gasteiger partial charge >= 0.3 is 0 Å². The molecule has 24 heavy (non-hydrogen) atoms. The Hall–Kier alpha value is -1.25. The molecule has 2 heterocycles. The Balaban J connectivity index is 1.55. The molecule has 1 aliphatic rings. The van der Waals surface area contributed by atoms with Crippen LogP contribution < -0.4 is 10.2 Å². The van der Waals surface area contributed by atoms with Crippen molar-refractivity contribution in [2.24, 2.45) is 0 Å². The van der Waals surface area contributed by atoms with E-state index in [0.717, 1.165) is 46.8 Å². The largest absolute Gasteiger partial charge is 0.360 e. The number of hydrogen-bond acceptors (Lipinski definition) is 7. The zero-order valence-corrected chi connectivity index (χ0v) is 16.0. The molecule has 0 aliphatic carbocycles. The van der Waals surface area contributed by atoms with Crippen molar-refractivity contribution in [3.8, 4) is 0 Å². The standard InChI is InChI=1S/C16H20N4OS3/c1-2-3-8-17-15-18-19-16(24-15)23-11-14(21)20-9-10-22-13-7-5-4-6-12(13)20/h4-7H,2-3,8-11H2,1H3,(H,17,18). The number of unbranched alkanes of at least 4 members (excludes halogenated alkanes) is 1. The van der Waals surface area contributed by atoms with Crippen molar-refractivity contribution in [2.45, 2.75) is 29.0 Å². The fraction of sp³-hybridized carbons (Fsp3) is 0.438. The van der Waals surface area contributed by atoms with E-state index in [-0.39, 0.29) is 5.91 Å². The molecule has 0 radical (unpaired) electrons. The smallest absolute Gasteiger partial charge is 0.237 e. The van der Waals surface area contributed by atoms with Crippen LogP contribution in [0.3, 0.4) is 0 Å². The Bertz CT molecular complexity index is 691. The van der Waals surface area contributed by atoms with Gasteiger partial charge in [-0.1, -0.05) is 48.6 Å². The number of nitrogens with one attached hydrogen (secondary N) is 1. The third-order valence-electron chi connectivity index (χ3n) is 3.56. The fourth-order valence-corrected chi connectivity index (χ4v) is 4.99. The van der Waals surface area contributed by atoms with Gasteiger partial charge in [0.25, 0.3) is 0 Å². The fourth-order valence-electron chi connectivity index (χ4n) is 2.34. The Morgan fingerprint density at radius 3 is 3.12 bits per heavy atom. The van der Waals surface area contributed by atoms with Gasteiger partial charge in [0.05, 0.1) is 11.4 Å². The number of thioether (sulfide) groups is 2. The van der Waals surface area contributed by atoms with Gasteiger partial charge in [-0.2, -0.15) is 0 Å². The zero-order chi connectivity index (χ0) is 16.8. The molecule has 1 aromatic carbocycles. The molecule has 2 aromatic rings. The van der Waals surface area contributed by atoms with Crippen molar-refractivity contribution in [1.82, 2.24) is 10.2 Å². The lowest BCUT2D eigenvalue weighted by molar-refractivity contribution is -0.116. The van der Waals surface area contributed by atoms with E-state index in [0.29, 0.717) is 5.75 Å². The lowest BCUT2D eigenvalue weighted by Gasteiger charge is -2.28. The number of anilines is 2. The van der Waals surface area contributed by atoms with Crippen molar-refractivity contribution >= 4 is 51.6 Å².